The third kappa shape index (κ3) is 0.998. The second kappa shape index (κ2) is 2.02. The number of pyridine rings is 1. The van der Waals surface area contributed by atoms with Crippen LogP contribution in [-0.2, 0) is 4.74 Å². The Hall–Kier alpha value is -0.960. The molecule has 2 nitrogen and oxygen atoms in total. The van der Waals surface area contributed by atoms with Gasteiger partial charge in [-0.2, -0.15) is 0 Å². The highest BCUT2D eigenvalue weighted by Gasteiger charge is 2.26. The van der Waals surface area contributed by atoms with E-state index in [-0.39, 0.29) is 11.9 Å². The van der Waals surface area contributed by atoms with Crippen LogP contribution in [0.3, 0.4) is 0 Å². The molecule has 1 saturated heterocycles. The van der Waals surface area contributed by atoms with Crippen LogP contribution < -0.4 is 0 Å². The molecule has 0 amide bonds. The van der Waals surface area contributed by atoms with E-state index in [1.165, 1.54) is 18.3 Å². The third-order valence-corrected chi connectivity index (χ3v) is 1.41. The predicted octanol–water partition coefficient (Wildman–Crippen LogP) is 1.29. The van der Waals surface area contributed by atoms with Gasteiger partial charge in [0.25, 0.3) is 0 Å². The number of aromatic nitrogens is 1. The average molecular weight is 139 g/mol. The Balaban J connectivity index is 2.32. The Kier molecular flexibility index (Phi) is 1.17. The van der Waals surface area contributed by atoms with E-state index in [1.54, 1.807) is 0 Å². The first-order valence-electron chi connectivity index (χ1n) is 3.09. The molecule has 2 heterocycles. The molecule has 2 rings (SSSR count). The average Bonchev–Trinajstić information content (AvgIpc) is 2.68. The number of nitrogens with zero attached hydrogens (tertiary/aromatic N) is 1. The summed E-state index contributed by atoms with van der Waals surface area (Å²) in [5.74, 6) is -0.250. The number of halogens is 1. The van der Waals surface area contributed by atoms with Crippen molar-refractivity contribution in [2.75, 3.05) is 6.61 Å². The van der Waals surface area contributed by atoms with Crippen molar-refractivity contribution >= 4 is 0 Å². The molecular formula is C7H6FNO. The van der Waals surface area contributed by atoms with Crippen LogP contribution >= 0.6 is 0 Å². The summed E-state index contributed by atoms with van der Waals surface area (Å²) in [5, 5.41) is 0. The fourth-order valence-electron chi connectivity index (χ4n) is 0.816. The lowest BCUT2D eigenvalue weighted by molar-refractivity contribution is 0.410. The highest BCUT2D eigenvalue weighted by molar-refractivity contribution is 5.11. The van der Waals surface area contributed by atoms with E-state index < -0.39 is 0 Å². The molecular weight excluding hydrogens is 133 g/mol. The van der Waals surface area contributed by atoms with Gasteiger partial charge < -0.3 is 4.74 Å². The Morgan fingerprint density at radius 3 is 3.10 bits per heavy atom. The highest BCUT2D eigenvalue weighted by atomic mass is 19.1. The van der Waals surface area contributed by atoms with Crippen molar-refractivity contribution in [1.29, 1.82) is 0 Å². The smallest absolute Gasteiger partial charge is 0.126 e. The van der Waals surface area contributed by atoms with Gasteiger partial charge in [0, 0.05) is 6.20 Å². The van der Waals surface area contributed by atoms with Gasteiger partial charge in [0.2, 0.25) is 0 Å². The second-order valence-corrected chi connectivity index (χ2v) is 2.22. The SMILES string of the molecule is Fc1ccnc(C2CO2)c1. The Bertz CT molecular complexity index is 247. The van der Waals surface area contributed by atoms with Crippen LogP contribution in [0, 0.1) is 5.82 Å². The number of rotatable bonds is 1. The topological polar surface area (TPSA) is 25.4 Å². The molecule has 10 heavy (non-hydrogen) atoms. The quantitative estimate of drug-likeness (QED) is 0.548. The Labute approximate surface area is 57.7 Å². The van der Waals surface area contributed by atoms with Crippen molar-refractivity contribution in [2.45, 2.75) is 6.10 Å². The molecule has 0 aromatic carbocycles. The van der Waals surface area contributed by atoms with E-state index in [4.69, 9.17) is 4.74 Å². The molecule has 3 heteroatoms. The molecule has 0 saturated carbocycles. The van der Waals surface area contributed by atoms with E-state index in [0.717, 1.165) is 0 Å². The lowest BCUT2D eigenvalue weighted by atomic mass is 10.3. The van der Waals surface area contributed by atoms with Gasteiger partial charge in [-0.15, -0.1) is 0 Å². The highest BCUT2D eigenvalue weighted by Crippen LogP contribution is 2.27. The van der Waals surface area contributed by atoms with E-state index in [0.29, 0.717) is 12.3 Å². The first kappa shape index (κ1) is 5.80. The maximum Gasteiger partial charge on any atom is 0.126 e. The van der Waals surface area contributed by atoms with Gasteiger partial charge in [-0.25, -0.2) is 4.39 Å². The largest absolute Gasteiger partial charge is 0.366 e. The van der Waals surface area contributed by atoms with Crippen molar-refractivity contribution in [3.8, 4) is 0 Å². The summed E-state index contributed by atoms with van der Waals surface area (Å²) in [6.45, 7) is 0.677. The molecule has 1 fully saturated rings. The monoisotopic (exact) mass is 139 g/mol. The van der Waals surface area contributed by atoms with Gasteiger partial charge in [0.05, 0.1) is 12.3 Å². The summed E-state index contributed by atoms with van der Waals surface area (Å²) in [6, 6.07) is 2.73. The molecule has 0 aliphatic carbocycles. The molecule has 1 atom stereocenters. The summed E-state index contributed by atoms with van der Waals surface area (Å²) in [6.07, 6.45) is 1.50. The van der Waals surface area contributed by atoms with Gasteiger partial charge in [0.1, 0.15) is 11.9 Å². The van der Waals surface area contributed by atoms with Crippen LogP contribution in [-0.4, -0.2) is 11.6 Å². The van der Waals surface area contributed by atoms with E-state index in [1.807, 2.05) is 0 Å². The number of hydrogen-bond acceptors (Lipinski definition) is 2. The standard InChI is InChI=1S/C7H6FNO/c8-5-1-2-9-6(3-5)7-4-10-7/h1-3,7H,4H2. The van der Waals surface area contributed by atoms with Gasteiger partial charge in [-0.3, -0.25) is 4.98 Å². The van der Waals surface area contributed by atoms with Gasteiger partial charge in [-0.05, 0) is 12.1 Å². The lowest BCUT2D eigenvalue weighted by Gasteiger charge is -1.91. The summed E-state index contributed by atoms with van der Waals surface area (Å²) in [7, 11) is 0. The van der Waals surface area contributed by atoms with E-state index >= 15 is 0 Å². The van der Waals surface area contributed by atoms with Crippen LogP contribution in [0.2, 0.25) is 0 Å². The Morgan fingerprint density at radius 2 is 2.50 bits per heavy atom. The van der Waals surface area contributed by atoms with Gasteiger partial charge in [-0.1, -0.05) is 0 Å². The molecule has 52 valence electrons. The molecule has 1 unspecified atom stereocenters. The second-order valence-electron chi connectivity index (χ2n) is 2.22. The summed E-state index contributed by atoms with van der Waals surface area (Å²) < 4.78 is 17.4. The van der Waals surface area contributed by atoms with Crippen LogP contribution in [0.1, 0.15) is 11.8 Å². The Morgan fingerprint density at radius 1 is 1.70 bits per heavy atom. The van der Waals surface area contributed by atoms with Gasteiger partial charge in [0.15, 0.2) is 0 Å². The van der Waals surface area contributed by atoms with Crippen LogP contribution in [0.15, 0.2) is 18.3 Å². The summed E-state index contributed by atoms with van der Waals surface area (Å²) in [5.41, 5.74) is 0.694. The van der Waals surface area contributed by atoms with Crippen LogP contribution in [0.5, 0.6) is 0 Å². The first-order valence-corrected chi connectivity index (χ1v) is 3.09. The molecule has 1 aliphatic rings. The molecule has 1 aromatic rings. The lowest BCUT2D eigenvalue weighted by Crippen LogP contribution is -1.86. The minimum atomic E-state index is -0.250. The predicted molar refractivity (Wildman–Crippen MR) is 32.9 cm³/mol. The van der Waals surface area contributed by atoms with Gasteiger partial charge >= 0.3 is 0 Å². The third-order valence-electron chi connectivity index (χ3n) is 1.41. The fourth-order valence-corrected chi connectivity index (χ4v) is 0.816. The van der Waals surface area contributed by atoms with Crippen molar-refractivity contribution in [1.82, 2.24) is 4.98 Å². The maximum atomic E-state index is 12.5. The number of epoxide rings is 1. The minimum Gasteiger partial charge on any atom is -0.366 e. The van der Waals surface area contributed by atoms with Crippen molar-refractivity contribution < 1.29 is 9.13 Å². The van der Waals surface area contributed by atoms with Crippen LogP contribution in [0.25, 0.3) is 0 Å². The van der Waals surface area contributed by atoms with E-state index in [2.05, 4.69) is 4.98 Å². The van der Waals surface area contributed by atoms with Crippen LogP contribution in [0.4, 0.5) is 4.39 Å². The molecule has 0 radical (unpaired) electrons. The molecule has 0 spiro atoms. The van der Waals surface area contributed by atoms with Crippen molar-refractivity contribution in [3.63, 3.8) is 0 Å². The first-order chi connectivity index (χ1) is 4.86. The number of hydrogen-bond donors (Lipinski definition) is 0. The zero-order valence-electron chi connectivity index (χ0n) is 5.25. The maximum absolute atomic E-state index is 12.5. The zero-order chi connectivity index (χ0) is 6.97. The molecule has 1 aromatic heterocycles. The molecule has 0 bridgehead atoms. The molecule has 1 aliphatic heterocycles. The summed E-state index contributed by atoms with van der Waals surface area (Å²) >= 11 is 0. The number of ether oxygens (including phenoxy) is 1. The van der Waals surface area contributed by atoms with Crippen molar-refractivity contribution in [3.05, 3.63) is 29.8 Å². The molecule has 0 N–H and O–H groups in total. The zero-order valence-corrected chi connectivity index (χ0v) is 5.25. The normalized spacial score (nSPS) is 22.7. The fraction of sp³-hybridized carbons (Fsp3) is 0.286. The minimum absolute atomic E-state index is 0.0516. The summed E-state index contributed by atoms with van der Waals surface area (Å²) in [4.78, 5) is 3.94. The van der Waals surface area contributed by atoms with Crippen molar-refractivity contribution in [2.24, 2.45) is 0 Å². The van der Waals surface area contributed by atoms with E-state index in [9.17, 15) is 4.39 Å².